The number of amides is 2. The minimum absolute atomic E-state index is 0.107. The number of carbonyl (C=O) groups is 2. The lowest BCUT2D eigenvalue weighted by atomic mass is 10.1. The Kier molecular flexibility index (Phi) is 6.57. The second kappa shape index (κ2) is 8.53. The minimum atomic E-state index is -4.69. The van der Waals surface area contributed by atoms with Crippen LogP contribution in [0.5, 0.6) is 0 Å². The van der Waals surface area contributed by atoms with Crippen molar-refractivity contribution in [2.45, 2.75) is 31.5 Å². The van der Waals surface area contributed by atoms with Crippen LogP contribution in [-0.2, 0) is 16.0 Å². The maximum Gasteiger partial charge on any atom is 0.391 e. The van der Waals surface area contributed by atoms with Gasteiger partial charge in [-0.1, -0.05) is 0 Å². The summed E-state index contributed by atoms with van der Waals surface area (Å²) in [5, 5.41) is 2.30. The molecule has 2 amide bonds. The van der Waals surface area contributed by atoms with Gasteiger partial charge in [0.05, 0.1) is 6.42 Å². The van der Waals surface area contributed by atoms with Crippen molar-refractivity contribution in [1.82, 2.24) is 10.2 Å². The van der Waals surface area contributed by atoms with E-state index in [2.05, 4.69) is 5.32 Å². The van der Waals surface area contributed by atoms with Gasteiger partial charge in [-0.2, -0.15) is 13.2 Å². The van der Waals surface area contributed by atoms with Gasteiger partial charge in [0, 0.05) is 37.3 Å². The summed E-state index contributed by atoms with van der Waals surface area (Å²) in [4.78, 5) is 25.0. The fourth-order valence-electron chi connectivity index (χ4n) is 2.77. The molecule has 0 radical (unpaired) electrons. The van der Waals surface area contributed by atoms with Crippen molar-refractivity contribution in [3.63, 3.8) is 0 Å². The Bertz CT molecular complexity index is 794. The van der Waals surface area contributed by atoms with Crippen LogP contribution in [0.2, 0.25) is 0 Å². The summed E-state index contributed by atoms with van der Waals surface area (Å²) >= 11 is 0. The maximum atomic E-state index is 13.7. The summed E-state index contributed by atoms with van der Waals surface area (Å²) in [5.41, 5.74) is 5.01. The summed E-state index contributed by atoms with van der Waals surface area (Å²) in [7, 11) is 0. The molecular weight excluding hydrogens is 392 g/mol. The Balaban J connectivity index is 2.21. The molecule has 1 aromatic rings. The molecule has 3 N–H and O–H groups in total. The lowest BCUT2D eigenvalue weighted by molar-refractivity contribution is -0.160. The summed E-state index contributed by atoms with van der Waals surface area (Å²) in [6.45, 7) is -0.0160. The van der Waals surface area contributed by atoms with Gasteiger partial charge in [0.25, 0.3) is 0 Å². The lowest BCUT2D eigenvalue weighted by Crippen LogP contribution is -2.49. The van der Waals surface area contributed by atoms with Crippen molar-refractivity contribution in [3.8, 4) is 0 Å². The molecule has 1 fully saturated rings. The van der Waals surface area contributed by atoms with Gasteiger partial charge >= 0.3 is 6.18 Å². The van der Waals surface area contributed by atoms with Crippen LogP contribution >= 0.6 is 0 Å². The van der Waals surface area contributed by atoms with E-state index in [9.17, 15) is 35.9 Å². The third-order valence-electron chi connectivity index (χ3n) is 4.05. The molecule has 1 saturated heterocycles. The molecular formula is C17H17F6N3O2. The Hall–Kier alpha value is -2.72. The number of hydrogen-bond acceptors (Lipinski definition) is 3. The fraction of sp³-hybridized carbons (Fsp3) is 0.412. The van der Waals surface area contributed by atoms with E-state index in [1.807, 2.05) is 0 Å². The molecule has 1 aliphatic heterocycles. The summed E-state index contributed by atoms with van der Waals surface area (Å²) in [5.74, 6) is -5.71. The van der Waals surface area contributed by atoms with E-state index in [0.29, 0.717) is 12.1 Å². The molecule has 1 unspecified atom stereocenters. The van der Waals surface area contributed by atoms with Crippen molar-refractivity contribution in [2.24, 2.45) is 5.73 Å². The van der Waals surface area contributed by atoms with Crippen LogP contribution in [0.1, 0.15) is 18.4 Å². The van der Waals surface area contributed by atoms with E-state index in [1.165, 1.54) is 0 Å². The highest BCUT2D eigenvalue weighted by atomic mass is 19.4. The van der Waals surface area contributed by atoms with Crippen LogP contribution in [-0.4, -0.2) is 42.0 Å². The van der Waals surface area contributed by atoms with Crippen molar-refractivity contribution in [1.29, 1.82) is 0 Å². The SMILES string of the molecule is NC(=CC(=O)N1CCCNC(=O)C1CC(F)(F)F)Cc1cc(F)c(F)cc1F. The second-order valence-corrected chi connectivity index (χ2v) is 6.27. The van der Waals surface area contributed by atoms with E-state index in [-0.39, 0.29) is 30.8 Å². The third-order valence-corrected chi connectivity index (χ3v) is 4.05. The van der Waals surface area contributed by atoms with Gasteiger partial charge < -0.3 is 16.0 Å². The van der Waals surface area contributed by atoms with E-state index in [0.717, 1.165) is 11.0 Å². The number of alkyl halides is 3. The average Bonchev–Trinajstić information content (AvgIpc) is 2.73. The number of halogens is 6. The largest absolute Gasteiger partial charge is 0.402 e. The zero-order chi connectivity index (χ0) is 21.1. The maximum absolute atomic E-state index is 13.7. The normalized spacial score (nSPS) is 18.6. The van der Waals surface area contributed by atoms with Crippen LogP contribution in [0, 0.1) is 17.5 Å². The number of carbonyl (C=O) groups excluding carboxylic acids is 2. The van der Waals surface area contributed by atoms with Crippen molar-refractivity contribution in [2.75, 3.05) is 13.1 Å². The van der Waals surface area contributed by atoms with Crippen molar-refractivity contribution >= 4 is 11.8 Å². The van der Waals surface area contributed by atoms with E-state index in [4.69, 9.17) is 5.73 Å². The number of allylic oxidation sites excluding steroid dienone is 1. The molecule has 28 heavy (non-hydrogen) atoms. The Morgan fingerprint density at radius 3 is 2.50 bits per heavy atom. The highest BCUT2D eigenvalue weighted by Gasteiger charge is 2.40. The Morgan fingerprint density at radius 2 is 1.86 bits per heavy atom. The first kappa shape index (κ1) is 21.6. The molecule has 0 aromatic heterocycles. The first-order valence-electron chi connectivity index (χ1n) is 8.22. The lowest BCUT2D eigenvalue weighted by Gasteiger charge is -2.28. The zero-order valence-corrected chi connectivity index (χ0v) is 14.5. The van der Waals surface area contributed by atoms with Crippen LogP contribution in [0.3, 0.4) is 0 Å². The molecule has 5 nitrogen and oxygen atoms in total. The number of nitrogens with zero attached hydrogens (tertiary/aromatic N) is 1. The number of hydrogen-bond donors (Lipinski definition) is 2. The highest BCUT2D eigenvalue weighted by molar-refractivity contribution is 5.93. The molecule has 0 saturated carbocycles. The van der Waals surface area contributed by atoms with Gasteiger partial charge in [-0.3, -0.25) is 9.59 Å². The van der Waals surface area contributed by atoms with Crippen LogP contribution in [0.25, 0.3) is 0 Å². The van der Waals surface area contributed by atoms with Gasteiger partial charge in [0.2, 0.25) is 11.8 Å². The van der Waals surface area contributed by atoms with Crippen LogP contribution in [0.15, 0.2) is 23.9 Å². The second-order valence-electron chi connectivity index (χ2n) is 6.27. The van der Waals surface area contributed by atoms with Crippen molar-refractivity contribution in [3.05, 3.63) is 46.9 Å². The van der Waals surface area contributed by atoms with E-state index >= 15 is 0 Å². The smallest absolute Gasteiger partial charge is 0.391 e. The van der Waals surface area contributed by atoms with Gasteiger partial charge in [0.1, 0.15) is 11.9 Å². The van der Waals surface area contributed by atoms with Crippen LogP contribution < -0.4 is 11.1 Å². The average molecular weight is 409 g/mol. The molecule has 0 aliphatic carbocycles. The van der Waals surface area contributed by atoms with Gasteiger partial charge in [0.15, 0.2) is 11.6 Å². The van der Waals surface area contributed by atoms with Crippen molar-refractivity contribution < 1.29 is 35.9 Å². The first-order chi connectivity index (χ1) is 13.0. The number of nitrogens with one attached hydrogen (secondary N) is 1. The third kappa shape index (κ3) is 5.64. The molecule has 1 atom stereocenters. The predicted molar refractivity (Wildman–Crippen MR) is 86.1 cm³/mol. The monoisotopic (exact) mass is 409 g/mol. The van der Waals surface area contributed by atoms with Gasteiger partial charge in [-0.15, -0.1) is 0 Å². The molecule has 11 heteroatoms. The molecule has 1 heterocycles. The van der Waals surface area contributed by atoms with E-state index in [1.54, 1.807) is 0 Å². The highest BCUT2D eigenvalue weighted by Crippen LogP contribution is 2.25. The van der Waals surface area contributed by atoms with E-state index < -0.39 is 54.3 Å². The zero-order valence-electron chi connectivity index (χ0n) is 14.5. The molecule has 0 spiro atoms. The number of rotatable bonds is 4. The predicted octanol–water partition coefficient (Wildman–Crippen LogP) is 2.16. The van der Waals surface area contributed by atoms with Gasteiger partial charge in [-0.05, 0) is 18.1 Å². The minimum Gasteiger partial charge on any atom is -0.402 e. The quantitative estimate of drug-likeness (QED) is 0.455. The Labute approximate surface area is 156 Å². The first-order valence-corrected chi connectivity index (χ1v) is 8.22. The van der Waals surface area contributed by atoms with Gasteiger partial charge in [-0.25, -0.2) is 13.2 Å². The Morgan fingerprint density at radius 1 is 1.21 bits per heavy atom. The summed E-state index contributed by atoms with van der Waals surface area (Å²) < 4.78 is 78.2. The molecule has 2 rings (SSSR count). The fourth-order valence-corrected chi connectivity index (χ4v) is 2.77. The summed E-state index contributed by atoms with van der Waals surface area (Å²) in [6, 6.07) is -0.876. The molecule has 0 bridgehead atoms. The topological polar surface area (TPSA) is 75.4 Å². The molecule has 154 valence electrons. The standard InChI is InChI=1S/C17H17F6N3O2/c18-11-7-13(20)12(19)5-9(11)4-10(24)6-15(27)26-3-1-2-25-16(28)14(26)8-17(21,22)23/h5-7,14H,1-4,8,24H2,(H,25,28). The summed E-state index contributed by atoms with van der Waals surface area (Å²) in [6.07, 6.45) is -5.70. The van der Waals surface area contributed by atoms with Crippen LogP contribution in [0.4, 0.5) is 26.3 Å². The number of nitrogens with two attached hydrogens (primary N) is 1. The molecule has 1 aromatic carbocycles. The number of benzene rings is 1. The molecule has 1 aliphatic rings.